The van der Waals surface area contributed by atoms with Crippen LogP contribution in [0.3, 0.4) is 0 Å². The summed E-state index contributed by atoms with van der Waals surface area (Å²) in [6.07, 6.45) is 2.08. The highest BCUT2D eigenvalue weighted by Gasteiger charge is 2.16. The molecule has 0 radical (unpaired) electrons. The van der Waals surface area contributed by atoms with E-state index in [9.17, 15) is 5.11 Å². The minimum atomic E-state index is 0.258. The summed E-state index contributed by atoms with van der Waals surface area (Å²) in [6.45, 7) is 7.84. The summed E-state index contributed by atoms with van der Waals surface area (Å²) in [5.41, 5.74) is 2.80. The van der Waals surface area contributed by atoms with Gasteiger partial charge >= 0.3 is 0 Å². The molecule has 1 heterocycles. The summed E-state index contributed by atoms with van der Waals surface area (Å²) in [5.74, 6) is 1.83. The smallest absolute Gasteiger partial charge is 0.141 e. The van der Waals surface area contributed by atoms with Gasteiger partial charge in [0, 0.05) is 16.3 Å². The lowest BCUT2D eigenvalue weighted by molar-refractivity contribution is 0.441. The van der Waals surface area contributed by atoms with E-state index in [4.69, 9.17) is 4.74 Å². The lowest BCUT2D eigenvalue weighted by Crippen LogP contribution is -2.18. The molecule has 1 aliphatic heterocycles. The predicted molar refractivity (Wildman–Crippen MR) is 72.4 cm³/mol. The molecule has 0 bridgehead atoms. The van der Waals surface area contributed by atoms with Crippen molar-refractivity contribution in [3.05, 3.63) is 51.4 Å². The van der Waals surface area contributed by atoms with Crippen LogP contribution in [0.4, 0.5) is 0 Å². The highest BCUT2D eigenvalue weighted by molar-refractivity contribution is 5.68. The number of phenolic OH excluding ortho intramolecular Hbond substituents is 1. The number of hydrogen-bond donors (Lipinski definition) is 1. The average Bonchev–Trinajstić information content (AvgIpc) is 2.37. The van der Waals surface area contributed by atoms with Gasteiger partial charge in [-0.05, 0) is 42.8 Å². The van der Waals surface area contributed by atoms with Crippen LogP contribution >= 0.6 is 0 Å². The molecule has 0 saturated heterocycles. The second kappa shape index (κ2) is 3.64. The number of fused-ring (bicyclic) bond motifs is 2. The molecule has 0 saturated carbocycles. The van der Waals surface area contributed by atoms with Crippen molar-refractivity contribution in [3.63, 3.8) is 0 Å². The van der Waals surface area contributed by atoms with Crippen LogP contribution in [0, 0.1) is 13.8 Å². The maximum Gasteiger partial charge on any atom is 0.141 e. The predicted octanol–water partition coefficient (Wildman–Crippen LogP) is 2.35. The molecule has 2 aromatic carbocycles. The summed E-state index contributed by atoms with van der Waals surface area (Å²) >= 11 is 0. The lowest BCUT2D eigenvalue weighted by atomic mass is 10.0. The van der Waals surface area contributed by atoms with Crippen LogP contribution in [0.2, 0.25) is 0 Å². The Morgan fingerprint density at radius 1 is 1.00 bits per heavy atom. The summed E-state index contributed by atoms with van der Waals surface area (Å²) in [5, 5.41) is 11.8. The van der Waals surface area contributed by atoms with Gasteiger partial charge in [-0.3, -0.25) is 0 Å². The molecule has 0 aliphatic carbocycles. The second-order valence-corrected chi connectivity index (χ2v) is 4.64. The molecule has 0 fully saturated rings. The van der Waals surface area contributed by atoms with E-state index >= 15 is 0 Å². The number of hydrogen-bond acceptors (Lipinski definition) is 2. The topological polar surface area (TPSA) is 29.5 Å². The Morgan fingerprint density at radius 3 is 2.56 bits per heavy atom. The molecule has 0 atom stereocenters. The Hall–Kier alpha value is -2.22. The Kier molecular flexibility index (Phi) is 2.20. The van der Waals surface area contributed by atoms with E-state index in [1.54, 1.807) is 6.07 Å². The highest BCUT2D eigenvalue weighted by Crippen LogP contribution is 2.36. The maximum absolute atomic E-state index is 9.74. The van der Waals surface area contributed by atoms with Crippen molar-refractivity contribution in [1.29, 1.82) is 0 Å². The van der Waals surface area contributed by atoms with Crippen molar-refractivity contribution in [1.82, 2.24) is 0 Å². The number of aromatic hydroxyl groups is 1. The summed E-state index contributed by atoms with van der Waals surface area (Å²) in [7, 11) is 0. The van der Waals surface area contributed by atoms with Crippen molar-refractivity contribution in [2.45, 2.75) is 13.8 Å². The van der Waals surface area contributed by atoms with Crippen molar-refractivity contribution in [3.8, 4) is 17.2 Å². The molecule has 18 heavy (non-hydrogen) atoms. The molecule has 2 heteroatoms. The number of rotatable bonds is 0. The van der Waals surface area contributed by atoms with Crippen molar-refractivity contribution in [2.24, 2.45) is 0 Å². The molecule has 3 rings (SSSR count). The third-order valence-corrected chi connectivity index (χ3v) is 3.47. The zero-order valence-corrected chi connectivity index (χ0v) is 10.4. The minimum Gasteiger partial charge on any atom is -0.508 e. The molecular formula is C16H14O2. The van der Waals surface area contributed by atoms with Crippen LogP contribution < -0.4 is 15.2 Å². The largest absolute Gasteiger partial charge is 0.508 e. The van der Waals surface area contributed by atoms with Crippen molar-refractivity contribution in [2.75, 3.05) is 0 Å². The van der Waals surface area contributed by atoms with E-state index in [1.807, 2.05) is 32.0 Å². The van der Waals surface area contributed by atoms with Crippen LogP contribution in [-0.4, -0.2) is 5.11 Å². The van der Waals surface area contributed by atoms with E-state index in [-0.39, 0.29) is 5.75 Å². The van der Waals surface area contributed by atoms with Crippen LogP contribution in [0.1, 0.15) is 16.7 Å². The quantitative estimate of drug-likeness (QED) is 0.651. The Morgan fingerprint density at radius 2 is 1.78 bits per heavy atom. The number of benzene rings is 2. The fourth-order valence-electron chi connectivity index (χ4n) is 2.22. The molecular weight excluding hydrogens is 224 g/mol. The summed E-state index contributed by atoms with van der Waals surface area (Å²) < 4.78 is 5.97. The lowest BCUT2D eigenvalue weighted by Gasteiger charge is -2.19. The monoisotopic (exact) mass is 238 g/mol. The molecule has 90 valence electrons. The Labute approximate surface area is 105 Å². The first kappa shape index (κ1) is 10.9. The SMILES string of the molecule is C=c1ccc2c(c1C)Oc1c(ccc(O)c1C)C=2. The van der Waals surface area contributed by atoms with E-state index in [2.05, 4.69) is 12.7 Å². The van der Waals surface area contributed by atoms with Gasteiger partial charge in [0.25, 0.3) is 0 Å². The zero-order chi connectivity index (χ0) is 12.9. The zero-order valence-electron chi connectivity index (χ0n) is 10.4. The molecule has 1 aliphatic rings. The van der Waals surface area contributed by atoms with Gasteiger partial charge in [-0.1, -0.05) is 18.7 Å². The molecule has 0 amide bonds. The Bertz CT molecular complexity index is 758. The first-order valence-electron chi connectivity index (χ1n) is 5.88. The van der Waals surface area contributed by atoms with Gasteiger partial charge in [0.2, 0.25) is 0 Å². The van der Waals surface area contributed by atoms with Gasteiger partial charge < -0.3 is 9.84 Å². The fourth-order valence-corrected chi connectivity index (χ4v) is 2.22. The minimum absolute atomic E-state index is 0.258. The molecule has 2 nitrogen and oxygen atoms in total. The molecule has 0 spiro atoms. The van der Waals surface area contributed by atoms with Gasteiger partial charge in [0.1, 0.15) is 17.2 Å². The average molecular weight is 238 g/mol. The molecule has 2 aromatic rings. The van der Waals surface area contributed by atoms with Crippen molar-refractivity contribution >= 4 is 12.7 Å². The fraction of sp³-hybridized carbons (Fsp3) is 0.125. The van der Waals surface area contributed by atoms with E-state index < -0.39 is 0 Å². The van der Waals surface area contributed by atoms with Gasteiger partial charge in [-0.2, -0.15) is 0 Å². The molecule has 0 unspecified atom stereocenters. The van der Waals surface area contributed by atoms with Gasteiger partial charge in [-0.15, -0.1) is 0 Å². The normalized spacial score (nSPS) is 12.1. The maximum atomic E-state index is 9.74. The molecule has 0 aromatic heterocycles. The molecule has 1 N–H and O–H groups in total. The van der Waals surface area contributed by atoms with E-state index in [1.165, 1.54) is 0 Å². The van der Waals surface area contributed by atoms with Gasteiger partial charge in [0.15, 0.2) is 0 Å². The van der Waals surface area contributed by atoms with Crippen LogP contribution in [-0.2, 0) is 0 Å². The van der Waals surface area contributed by atoms with Crippen LogP contribution in [0.25, 0.3) is 12.7 Å². The van der Waals surface area contributed by atoms with Gasteiger partial charge in [-0.25, -0.2) is 0 Å². The first-order valence-corrected chi connectivity index (χ1v) is 5.88. The third-order valence-electron chi connectivity index (χ3n) is 3.47. The van der Waals surface area contributed by atoms with E-state index in [0.29, 0.717) is 0 Å². The number of phenols is 1. The Balaban J connectivity index is 2.36. The third kappa shape index (κ3) is 1.42. The van der Waals surface area contributed by atoms with Crippen LogP contribution in [0.15, 0.2) is 24.3 Å². The van der Waals surface area contributed by atoms with Gasteiger partial charge in [0.05, 0.1) is 0 Å². The summed E-state index contributed by atoms with van der Waals surface area (Å²) in [4.78, 5) is 0. The number of ether oxygens (including phenoxy) is 1. The van der Waals surface area contributed by atoms with E-state index in [0.717, 1.165) is 38.6 Å². The first-order chi connectivity index (χ1) is 8.58. The van der Waals surface area contributed by atoms with Crippen molar-refractivity contribution < 1.29 is 9.84 Å². The highest BCUT2D eigenvalue weighted by atomic mass is 16.5. The van der Waals surface area contributed by atoms with Crippen LogP contribution in [0.5, 0.6) is 17.2 Å². The standard InChI is InChI=1S/C16H14O2/c1-9-4-5-12-8-13-6-7-14(17)11(3)16(13)18-15(12)10(9)2/h4-8,17H,1H2,2-3H3. The second-order valence-electron chi connectivity index (χ2n) is 4.64. The summed E-state index contributed by atoms with van der Waals surface area (Å²) in [6, 6.07) is 7.57.